The summed E-state index contributed by atoms with van der Waals surface area (Å²) in [6, 6.07) is 91.9. The number of rotatable bonds is 7. The SMILES string of the molecule is CC1(C)c2c(-c3cccc(N(c4ccc(-c5ccccc5)cc4)c4cccc(-c5ccc6c7ccccc7c7ccccc7c6c5)c4)c3-c3ccccc3)cccc2-c2ccc3ccccc3c21. The summed E-state index contributed by atoms with van der Waals surface area (Å²) in [6.07, 6.45) is 0. The zero-order valence-electron chi connectivity index (χ0n) is 38.1. The molecular weight excluding hydrogens is 819 g/mol. The first-order valence-corrected chi connectivity index (χ1v) is 23.8. The summed E-state index contributed by atoms with van der Waals surface area (Å²) in [5.41, 5.74) is 18.0. The molecule has 12 aromatic carbocycles. The van der Waals surface area contributed by atoms with Gasteiger partial charge in [0.25, 0.3) is 0 Å². The molecule has 0 aromatic heterocycles. The Morgan fingerprint density at radius 3 is 1.47 bits per heavy atom. The second-order valence-corrected chi connectivity index (χ2v) is 18.8. The van der Waals surface area contributed by atoms with Crippen molar-refractivity contribution >= 4 is 60.2 Å². The van der Waals surface area contributed by atoms with Gasteiger partial charge >= 0.3 is 0 Å². The van der Waals surface area contributed by atoms with E-state index in [1.807, 2.05) is 0 Å². The van der Waals surface area contributed by atoms with Gasteiger partial charge in [-0.2, -0.15) is 0 Å². The molecule has 0 amide bonds. The summed E-state index contributed by atoms with van der Waals surface area (Å²) in [5, 5.41) is 10.3. The minimum Gasteiger partial charge on any atom is -0.310 e. The lowest BCUT2D eigenvalue weighted by molar-refractivity contribution is 0.668. The van der Waals surface area contributed by atoms with Crippen LogP contribution in [0.5, 0.6) is 0 Å². The van der Waals surface area contributed by atoms with Gasteiger partial charge in [-0.05, 0) is 141 Å². The highest BCUT2D eigenvalue weighted by Gasteiger charge is 2.39. The van der Waals surface area contributed by atoms with E-state index in [9.17, 15) is 0 Å². The van der Waals surface area contributed by atoms with Crippen LogP contribution in [-0.2, 0) is 5.41 Å². The van der Waals surface area contributed by atoms with Crippen molar-refractivity contribution < 1.29 is 0 Å². The molecule has 0 heterocycles. The molecule has 68 heavy (non-hydrogen) atoms. The van der Waals surface area contributed by atoms with Crippen molar-refractivity contribution in [3.63, 3.8) is 0 Å². The lowest BCUT2D eigenvalue weighted by atomic mass is 9.76. The first-order chi connectivity index (χ1) is 33.5. The Hall–Kier alpha value is -8.52. The van der Waals surface area contributed by atoms with Crippen molar-refractivity contribution in [3.8, 4) is 55.6 Å². The molecular formula is C67H47N. The Kier molecular flexibility index (Phi) is 9.27. The summed E-state index contributed by atoms with van der Waals surface area (Å²) in [6.45, 7) is 4.84. The monoisotopic (exact) mass is 865 g/mol. The maximum Gasteiger partial charge on any atom is 0.0546 e. The Bertz CT molecular complexity index is 3880. The van der Waals surface area contributed by atoms with E-state index in [1.165, 1.54) is 104 Å². The molecule has 0 atom stereocenters. The van der Waals surface area contributed by atoms with Crippen LogP contribution in [-0.4, -0.2) is 0 Å². The third kappa shape index (κ3) is 6.31. The third-order valence-electron chi connectivity index (χ3n) is 14.6. The zero-order valence-corrected chi connectivity index (χ0v) is 38.1. The minimum absolute atomic E-state index is 0.245. The molecule has 1 heteroatoms. The van der Waals surface area contributed by atoms with Gasteiger partial charge in [0.2, 0.25) is 0 Å². The lowest BCUT2D eigenvalue weighted by Crippen LogP contribution is -2.17. The highest BCUT2D eigenvalue weighted by Crippen LogP contribution is 2.56. The van der Waals surface area contributed by atoms with Gasteiger partial charge in [-0.3, -0.25) is 0 Å². The van der Waals surface area contributed by atoms with Crippen molar-refractivity contribution in [2.45, 2.75) is 19.3 Å². The fourth-order valence-corrected chi connectivity index (χ4v) is 11.6. The number of hydrogen-bond donors (Lipinski definition) is 0. The average molecular weight is 866 g/mol. The van der Waals surface area contributed by atoms with Crippen molar-refractivity contribution in [3.05, 3.63) is 260 Å². The molecule has 13 rings (SSSR count). The van der Waals surface area contributed by atoms with E-state index in [0.29, 0.717) is 0 Å². The van der Waals surface area contributed by atoms with E-state index in [-0.39, 0.29) is 5.41 Å². The molecule has 320 valence electrons. The maximum atomic E-state index is 2.48. The molecule has 0 bridgehead atoms. The van der Waals surface area contributed by atoms with Crippen LogP contribution in [0, 0.1) is 0 Å². The van der Waals surface area contributed by atoms with E-state index in [0.717, 1.165) is 22.6 Å². The normalized spacial score (nSPS) is 12.7. The Morgan fingerprint density at radius 1 is 0.279 bits per heavy atom. The van der Waals surface area contributed by atoms with E-state index in [2.05, 4.69) is 267 Å². The first kappa shape index (κ1) is 39.8. The fourth-order valence-electron chi connectivity index (χ4n) is 11.6. The second-order valence-electron chi connectivity index (χ2n) is 18.8. The Balaban J connectivity index is 1.03. The molecule has 0 saturated carbocycles. The summed E-state index contributed by atoms with van der Waals surface area (Å²) >= 11 is 0. The number of fused-ring (bicyclic) bond motifs is 11. The molecule has 1 nitrogen and oxygen atoms in total. The molecule has 0 unspecified atom stereocenters. The zero-order chi connectivity index (χ0) is 45.3. The fraction of sp³-hybridized carbons (Fsp3) is 0.0448. The van der Waals surface area contributed by atoms with Crippen molar-refractivity contribution in [1.29, 1.82) is 0 Å². The van der Waals surface area contributed by atoms with Crippen molar-refractivity contribution in [2.24, 2.45) is 0 Å². The van der Waals surface area contributed by atoms with Crippen LogP contribution in [0.15, 0.2) is 249 Å². The van der Waals surface area contributed by atoms with E-state index >= 15 is 0 Å². The topological polar surface area (TPSA) is 3.24 Å². The highest BCUT2D eigenvalue weighted by atomic mass is 15.1. The Labute approximate surface area is 397 Å². The smallest absolute Gasteiger partial charge is 0.0546 e. The molecule has 1 aliphatic rings. The van der Waals surface area contributed by atoms with Gasteiger partial charge in [0.1, 0.15) is 0 Å². The van der Waals surface area contributed by atoms with Crippen molar-refractivity contribution in [1.82, 2.24) is 0 Å². The van der Waals surface area contributed by atoms with Gasteiger partial charge in [0.05, 0.1) is 5.69 Å². The molecule has 0 radical (unpaired) electrons. The molecule has 0 fully saturated rings. The van der Waals surface area contributed by atoms with Crippen LogP contribution in [0.3, 0.4) is 0 Å². The van der Waals surface area contributed by atoms with Crippen LogP contribution in [0.4, 0.5) is 17.1 Å². The number of benzene rings is 12. The van der Waals surface area contributed by atoms with E-state index in [1.54, 1.807) is 0 Å². The van der Waals surface area contributed by atoms with Gasteiger partial charge in [0.15, 0.2) is 0 Å². The molecule has 12 aromatic rings. The maximum absolute atomic E-state index is 2.48. The van der Waals surface area contributed by atoms with E-state index in [4.69, 9.17) is 0 Å². The number of anilines is 3. The highest BCUT2D eigenvalue weighted by molar-refractivity contribution is 6.25. The second kappa shape index (κ2) is 15.8. The van der Waals surface area contributed by atoms with Crippen LogP contribution < -0.4 is 4.90 Å². The van der Waals surface area contributed by atoms with Gasteiger partial charge in [-0.15, -0.1) is 0 Å². The lowest BCUT2D eigenvalue weighted by Gasteiger charge is -2.31. The quantitative estimate of drug-likeness (QED) is 0.144. The largest absolute Gasteiger partial charge is 0.310 e. The minimum atomic E-state index is -0.245. The van der Waals surface area contributed by atoms with Gasteiger partial charge in [-0.25, -0.2) is 0 Å². The Morgan fingerprint density at radius 2 is 0.765 bits per heavy atom. The molecule has 0 aliphatic heterocycles. The van der Waals surface area contributed by atoms with Crippen LogP contribution in [0.2, 0.25) is 0 Å². The number of hydrogen-bond acceptors (Lipinski definition) is 1. The van der Waals surface area contributed by atoms with Gasteiger partial charge in [0, 0.05) is 22.4 Å². The van der Waals surface area contributed by atoms with E-state index < -0.39 is 0 Å². The van der Waals surface area contributed by atoms with Crippen LogP contribution in [0.1, 0.15) is 25.0 Å². The standard InChI is InChI=1S/C67H47N/c1-67(2)65-52-25-10-9-20-46(52)36-41-61(65)60-32-16-31-59(66(60)67)58-30-17-33-63(64(58)47-21-7-4-8-22-47)68(50-38-34-45(35-39-50)44-18-5-3-6-19-44)51-24-15-23-48(42-51)49-37-40-57-55-28-12-11-26-53(55)54-27-13-14-29-56(54)62(57)43-49/h3-43H,1-2H3. The summed E-state index contributed by atoms with van der Waals surface area (Å²) in [7, 11) is 0. The summed E-state index contributed by atoms with van der Waals surface area (Å²) in [4.78, 5) is 2.48. The van der Waals surface area contributed by atoms with Crippen LogP contribution >= 0.6 is 0 Å². The first-order valence-electron chi connectivity index (χ1n) is 23.8. The predicted molar refractivity (Wildman–Crippen MR) is 290 cm³/mol. The average Bonchev–Trinajstić information content (AvgIpc) is 3.65. The summed E-state index contributed by atoms with van der Waals surface area (Å²) in [5.74, 6) is 0. The molecule has 1 aliphatic carbocycles. The van der Waals surface area contributed by atoms with Gasteiger partial charge in [-0.1, -0.05) is 226 Å². The van der Waals surface area contributed by atoms with Crippen molar-refractivity contribution in [2.75, 3.05) is 4.90 Å². The summed E-state index contributed by atoms with van der Waals surface area (Å²) < 4.78 is 0. The molecule has 0 spiro atoms. The molecule has 0 saturated heterocycles. The van der Waals surface area contributed by atoms with Crippen LogP contribution in [0.25, 0.3) is 98.7 Å². The predicted octanol–water partition coefficient (Wildman–Crippen LogP) is 18.7. The van der Waals surface area contributed by atoms with Gasteiger partial charge < -0.3 is 4.90 Å². The molecule has 0 N–H and O–H groups in total. The number of nitrogens with zero attached hydrogens (tertiary/aromatic N) is 1. The third-order valence-corrected chi connectivity index (χ3v) is 14.6.